The molecule has 0 saturated heterocycles. The molecule has 4 N–H and O–H groups in total. The van der Waals surface area contributed by atoms with E-state index in [0.717, 1.165) is 12.8 Å². The molecule has 0 radical (unpaired) electrons. The van der Waals surface area contributed by atoms with Gasteiger partial charge >= 0.3 is 0 Å². The van der Waals surface area contributed by atoms with Gasteiger partial charge in [-0.2, -0.15) is 11.8 Å². The topological polar surface area (TPSA) is 67.2 Å². The Morgan fingerprint density at radius 3 is 2.75 bits per heavy atom. The number of rotatable bonds is 5. The van der Waals surface area contributed by atoms with Gasteiger partial charge in [0.25, 0.3) is 5.91 Å². The van der Waals surface area contributed by atoms with Gasteiger partial charge in [0.05, 0.1) is 11.3 Å². The van der Waals surface area contributed by atoms with Crippen molar-refractivity contribution in [3.05, 3.63) is 29.6 Å². The summed E-state index contributed by atoms with van der Waals surface area (Å²) in [6.07, 6.45) is 6.70. The van der Waals surface area contributed by atoms with Crippen LogP contribution in [-0.4, -0.2) is 23.5 Å². The summed E-state index contributed by atoms with van der Waals surface area (Å²) < 4.78 is 13.7. The number of para-hydroxylation sites is 1. The fourth-order valence-corrected chi connectivity index (χ4v) is 3.58. The fraction of sp³-hybridized carbons (Fsp3) is 0.500. The van der Waals surface area contributed by atoms with Gasteiger partial charge in [0, 0.05) is 11.3 Å². The van der Waals surface area contributed by atoms with E-state index in [-0.39, 0.29) is 21.9 Å². The Labute approximate surface area is 122 Å². The lowest BCUT2D eigenvalue weighted by Gasteiger charge is -2.27. The van der Waals surface area contributed by atoms with Crippen molar-refractivity contribution in [3.8, 4) is 0 Å². The molecule has 20 heavy (non-hydrogen) atoms. The molecule has 1 aromatic rings. The standard InChI is InChI=1S/C14H20FN3OS/c1-20-14(7-2-3-8-14)9-17-13(19)10-5-4-6-11(15)12(10)18-16/h4-6,18H,2-3,7-9,16H2,1H3,(H,17,19). The van der Waals surface area contributed by atoms with Gasteiger partial charge in [0.1, 0.15) is 5.82 Å². The molecule has 0 aromatic heterocycles. The number of hydrogen-bond donors (Lipinski definition) is 3. The maximum absolute atomic E-state index is 13.6. The van der Waals surface area contributed by atoms with Crippen molar-refractivity contribution >= 4 is 23.4 Å². The molecule has 110 valence electrons. The van der Waals surface area contributed by atoms with Crippen molar-refractivity contribution in [1.29, 1.82) is 0 Å². The number of amides is 1. The number of nitrogens with one attached hydrogen (secondary N) is 2. The van der Waals surface area contributed by atoms with Crippen molar-refractivity contribution in [2.24, 2.45) is 5.84 Å². The van der Waals surface area contributed by atoms with Gasteiger partial charge in [-0.15, -0.1) is 0 Å². The Morgan fingerprint density at radius 2 is 2.15 bits per heavy atom. The van der Waals surface area contributed by atoms with Crippen LogP contribution in [-0.2, 0) is 0 Å². The molecule has 0 aliphatic heterocycles. The first-order valence-corrected chi connectivity index (χ1v) is 7.93. The number of halogens is 1. The summed E-state index contributed by atoms with van der Waals surface area (Å²) in [5.74, 6) is 4.46. The fourth-order valence-electron chi connectivity index (χ4n) is 2.67. The van der Waals surface area contributed by atoms with E-state index in [9.17, 15) is 9.18 Å². The van der Waals surface area contributed by atoms with Crippen molar-refractivity contribution in [1.82, 2.24) is 5.32 Å². The Balaban J connectivity index is 2.07. The molecule has 1 saturated carbocycles. The van der Waals surface area contributed by atoms with Crippen molar-refractivity contribution in [2.75, 3.05) is 18.2 Å². The zero-order valence-electron chi connectivity index (χ0n) is 11.5. The predicted octanol–water partition coefficient (Wildman–Crippen LogP) is 2.52. The third-order valence-corrected chi connectivity index (χ3v) is 5.34. The molecule has 4 nitrogen and oxygen atoms in total. The van der Waals surface area contributed by atoms with Crippen LogP contribution in [0, 0.1) is 5.82 Å². The maximum atomic E-state index is 13.6. The van der Waals surface area contributed by atoms with E-state index in [1.807, 2.05) is 0 Å². The first kappa shape index (κ1) is 15.1. The minimum absolute atomic E-state index is 0.0367. The van der Waals surface area contributed by atoms with E-state index in [1.54, 1.807) is 17.8 Å². The lowest BCUT2D eigenvalue weighted by molar-refractivity contribution is 0.0950. The highest BCUT2D eigenvalue weighted by molar-refractivity contribution is 8.00. The zero-order chi connectivity index (χ0) is 14.6. The summed E-state index contributed by atoms with van der Waals surface area (Å²) in [6.45, 7) is 0.605. The Morgan fingerprint density at radius 1 is 1.45 bits per heavy atom. The van der Waals surface area contributed by atoms with Gasteiger partial charge in [-0.1, -0.05) is 18.9 Å². The number of nitrogen functional groups attached to an aromatic ring is 1. The third-order valence-electron chi connectivity index (χ3n) is 3.92. The molecule has 1 aliphatic carbocycles. The summed E-state index contributed by atoms with van der Waals surface area (Å²) in [5, 5.41) is 2.91. The molecule has 1 aromatic carbocycles. The van der Waals surface area contributed by atoms with Gasteiger partial charge in [0.15, 0.2) is 0 Å². The Bertz CT molecular complexity index is 489. The highest BCUT2D eigenvalue weighted by Crippen LogP contribution is 2.39. The molecule has 2 rings (SSSR count). The molecule has 1 amide bonds. The number of nitrogens with two attached hydrogens (primary N) is 1. The van der Waals surface area contributed by atoms with Crippen LogP contribution in [0.5, 0.6) is 0 Å². The first-order valence-electron chi connectivity index (χ1n) is 6.70. The summed E-state index contributed by atoms with van der Waals surface area (Å²) >= 11 is 1.80. The first-order chi connectivity index (χ1) is 9.62. The number of anilines is 1. The summed E-state index contributed by atoms with van der Waals surface area (Å²) in [4.78, 5) is 12.2. The average molecular weight is 297 g/mol. The number of hydrogen-bond acceptors (Lipinski definition) is 4. The van der Waals surface area contributed by atoms with Crippen molar-refractivity contribution in [3.63, 3.8) is 0 Å². The Hall–Kier alpha value is -1.27. The van der Waals surface area contributed by atoms with E-state index in [4.69, 9.17) is 5.84 Å². The SMILES string of the molecule is CSC1(CNC(=O)c2cccc(F)c2NN)CCCC1. The molecule has 6 heteroatoms. The molecule has 1 fully saturated rings. The zero-order valence-corrected chi connectivity index (χ0v) is 12.4. The van der Waals surface area contributed by atoms with Crippen LogP contribution in [0.1, 0.15) is 36.0 Å². The van der Waals surface area contributed by atoms with E-state index < -0.39 is 5.82 Å². The van der Waals surface area contributed by atoms with Crippen LogP contribution in [0.15, 0.2) is 18.2 Å². The Kier molecular flexibility index (Phi) is 4.88. The summed E-state index contributed by atoms with van der Waals surface area (Å²) in [5.41, 5.74) is 2.53. The number of carbonyl (C=O) groups is 1. The van der Waals surface area contributed by atoms with Crippen LogP contribution in [0.3, 0.4) is 0 Å². The van der Waals surface area contributed by atoms with E-state index >= 15 is 0 Å². The van der Waals surface area contributed by atoms with Crippen LogP contribution < -0.4 is 16.6 Å². The van der Waals surface area contributed by atoms with Crippen LogP contribution in [0.25, 0.3) is 0 Å². The van der Waals surface area contributed by atoms with E-state index in [0.29, 0.717) is 6.54 Å². The molecule has 0 unspecified atom stereocenters. The van der Waals surface area contributed by atoms with Crippen LogP contribution in [0.4, 0.5) is 10.1 Å². The van der Waals surface area contributed by atoms with Gasteiger partial charge in [-0.25, -0.2) is 4.39 Å². The van der Waals surface area contributed by atoms with Crippen LogP contribution in [0.2, 0.25) is 0 Å². The van der Waals surface area contributed by atoms with Crippen LogP contribution >= 0.6 is 11.8 Å². The van der Waals surface area contributed by atoms with E-state index in [2.05, 4.69) is 17.0 Å². The van der Waals surface area contributed by atoms with Crippen molar-refractivity contribution < 1.29 is 9.18 Å². The normalized spacial score (nSPS) is 16.9. The summed E-state index contributed by atoms with van der Waals surface area (Å²) in [7, 11) is 0. The smallest absolute Gasteiger partial charge is 0.253 e. The molecule has 0 heterocycles. The molecule has 0 spiro atoms. The number of benzene rings is 1. The second-order valence-electron chi connectivity index (χ2n) is 5.08. The minimum Gasteiger partial charge on any atom is -0.351 e. The molecule has 0 atom stereocenters. The van der Waals surface area contributed by atoms with Gasteiger partial charge in [-0.05, 0) is 31.2 Å². The molecule has 0 bridgehead atoms. The highest BCUT2D eigenvalue weighted by Gasteiger charge is 2.33. The quantitative estimate of drug-likeness (QED) is 0.577. The third kappa shape index (κ3) is 3.07. The van der Waals surface area contributed by atoms with Gasteiger partial charge < -0.3 is 10.7 Å². The summed E-state index contributed by atoms with van der Waals surface area (Å²) in [6, 6.07) is 4.34. The van der Waals surface area contributed by atoms with Gasteiger partial charge in [0.2, 0.25) is 0 Å². The predicted molar refractivity (Wildman–Crippen MR) is 81.3 cm³/mol. The van der Waals surface area contributed by atoms with E-state index in [1.165, 1.54) is 25.0 Å². The monoisotopic (exact) mass is 297 g/mol. The lowest BCUT2D eigenvalue weighted by Crippen LogP contribution is -2.38. The van der Waals surface area contributed by atoms with Gasteiger partial charge in [-0.3, -0.25) is 10.6 Å². The molecule has 1 aliphatic rings. The number of thioether (sulfide) groups is 1. The maximum Gasteiger partial charge on any atom is 0.253 e. The lowest BCUT2D eigenvalue weighted by atomic mass is 10.1. The van der Waals surface area contributed by atoms with Crippen molar-refractivity contribution in [2.45, 2.75) is 30.4 Å². The largest absolute Gasteiger partial charge is 0.351 e. The number of carbonyl (C=O) groups excluding carboxylic acids is 1. The second-order valence-corrected chi connectivity index (χ2v) is 6.36. The number of hydrazine groups is 1. The molecular weight excluding hydrogens is 277 g/mol. The molecular formula is C14H20FN3OS. The highest BCUT2D eigenvalue weighted by atomic mass is 32.2. The second kappa shape index (κ2) is 6.45. The average Bonchev–Trinajstić information content (AvgIpc) is 2.94. The minimum atomic E-state index is -0.527.